The van der Waals surface area contributed by atoms with Crippen LogP contribution < -0.4 is 5.56 Å². The van der Waals surface area contributed by atoms with Crippen LogP contribution in [0.5, 0.6) is 0 Å². The minimum absolute atomic E-state index is 0.0584. The average molecular weight is 358 g/mol. The van der Waals surface area contributed by atoms with Gasteiger partial charge in [-0.15, -0.1) is 0 Å². The largest absolute Gasteiger partial charge is 0.361 e. The quantitative estimate of drug-likeness (QED) is 0.840. The predicted octanol–water partition coefficient (Wildman–Crippen LogP) is 3.06. The third-order valence-corrected chi connectivity index (χ3v) is 5.37. The van der Waals surface area contributed by atoms with E-state index in [-0.39, 0.29) is 11.0 Å². The Labute approximate surface area is 155 Å². The molecule has 2 aromatic rings. The normalized spacial score (nSPS) is 17.0. The van der Waals surface area contributed by atoms with Gasteiger partial charge in [0.25, 0.3) is 5.56 Å². The number of nitrogens with zero attached hydrogens (tertiary/aromatic N) is 4. The molecule has 1 saturated heterocycles. The van der Waals surface area contributed by atoms with E-state index in [9.17, 15) is 4.79 Å². The van der Waals surface area contributed by atoms with Crippen LogP contribution in [0, 0.1) is 19.8 Å². The zero-order valence-corrected chi connectivity index (χ0v) is 16.6. The van der Waals surface area contributed by atoms with Gasteiger partial charge in [0.05, 0.1) is 17.7 Å². The standard InChI is InChI=1S/C20H30N4O2/c1-14-17(15(2)26-22-14)12-23-8-6-16(7-9-23)11-24-13-21-18(10-19(24)25)20(3,4)5/h10,13,16H,6-9,11-12H2,1-5H3. The number of aryl methyl sites for hydroxylation is 2. The zero-order valence-electron chi connectivity index (χ0n) is 16.6. The second-order valence-electron chi connectivity index (χ2n) is 8.54. The first-order valence-electron chi connectivity index (χ1n) is 9.45. The molecule has 0 N–H and O–H groups in total. The Kier molecular flexibility index (Phi) is 5.32. The van der Waals surface area contributed by atoms with E-state index in [1.54, 1.807) is 17.0 Å². The van der Waals surface area contributed by atoms with Gasteiger partial charge in [-0.25, -0.2) is 4.98 Å². The van der Waals surface area contributed by atoms with E-state index in [1.807, 2.05) is 13.8 Å². The van der Waals surface area contributed by atoms with Crippen LogP contribution in [0.25, 0.3) is 0 Å². The molecule has 6 nitrogen and oxygen atoms in total. The van der Waals surface area contributed by atoms with Gasteiger partial charge in [0.2, 0.25) is 0 Å². The molecule has 3 rings (SSSR count). The molecule has 0 saturated carbocycles. The van der Waals surface area contributed by atoms with Crippen molar-refractivity contribution in [3.8, 4) is 0 Å². The number of hydrogen-bond donors (Lipinski definition) is 0. The molecular formula is C20H30N4O2. The van der Waals surface area contributed by atoms with Crippen molar-refractivity contribution in [2.45, 2.75) is 66.0 Å². The minimum Gasteiger partial charge on any atom is -0.361 e. The average Bonchev–Trinajstić information content (AvgIpc) is 2.89. The Morgan fingerprint density at radius 2 is 1.92 bits per heavy atom. The fourth-order valence-electron chi connectivity index (χ4n) is 3.53. The van der Waals surface area contributed by atoms with Crippen molar-refractivity contribution in [1.82, 2.24) is 19.6 Å². The Balaban J connectivity index is 1.57. The lowest BCUT2D eigenvalue weighted by atomic mass is 9.92. The summed E-state index contributed by atoms with van der Waals surface area (Å²) in [4.78, 5) is 19.4. The fraction of sp³-hybridized carbons (Fsp3) is 0.650. The summed E-state index contributed by atoms with van der Waals surface area (Å²) in [5.74, 6) is 1.44. The highest BCUT2D eigenvalue weighted by molar-refractivity contribution is 5.20. The zero-order chi connectivity index (χ0) is 18.9. The summed E-state index contributed by atoms with van der Waals surface area (Å²) in [5, 5.41) is 4.04. The smallest absolute Gasteiger partial charge is 0.253 e. The number of likely N-dealkylation sites (tertiary alicyclic amines) is 1. The van der Waals surface area contributed by atoms with E-state index in [0.717, 1.165) is 56.2 Å². The first kappa shape index (κ1) is 18.8. The Bertz CT molecular complexity index is 788. The lowest BCUT2D eigenvalue weighted by Crippen LogP contribution is -2.36. The molecule has 0 aromatic carbocycles. The molecule has 3 heterocycles. The third-order valence-electron chi connectivity index (χ3n) is 5.37. The van der Waals surface area contributed by atoms with Gasteiger partial charge >= 0.3 is 0 Å². The van der Waals surface area contributed by atoms with E-state index < -0.39 is 0 Å². The van der Waals surface area contributed by atoms with Gasteiger partial charge in [0.15, 0.2) is 0 Å². The predicted molar refractivity (Wildman–Crippen MR) is 101 cm³/mol. The monoisotopic (exact) mass is 358 g/mol. The van der Waals surface area contributed by atoms with Crippen molar-refractivity contribution < 1.29 is 4.52 Å². The van der Waals surface area contributed by atoms with Crippen molar-refractivity contribution in [3.63, 3.8) is 0 Å². The molecule has 0 bridgehead atoms. The number of piperidine rings is 1. The second kappa shape index (κ2) is 7.35. The van der Waals surface area contributed by atoms with E-state index in [4.69, 9.17) is 4.52 Å². The number of aromatic nitrogens is 3. The lowest BCUT2D eigenvalue weighted by molar-refractivity contribution is 0.165. The highest BCUT2D eigenvalue weighted by atomic mass is 16.5. The summed E-state index contributed by atoms with van der Waals surface area (Å²) in [5.41, 5.74) is 3.01. The summed E-state index contributed by atoms with van der Waals surface area (Å²) >= 11 is 0. The molecule has 0 unspecified atom stereocenters. The van der Waals surface area contributed by atoms with Crippen LogP contribution in [-0.4, -0.2) is 32.7 Å². The van der Waals surface area contributed by atoms with Crippen LogP contribution in [-0.2, 0) is 18.5 Å². The van der Waals surface area contributed by atoms with Crippen LogP contribution in [0.2, 0.25) is 0 Å². The van der Waals surface area contributed by atoms with Gasteiger partial charge < -0.3 is 4.52 Å². The Morgan fingerprint density at radius 3 is 2.46 bits per heavy atom. The van der Waals surface area contributed by atoms with Gasteiger partial charge in [0, 0.05) is 30.1 Å². The van der Waals surface area contributed by atoms with Gasteiger partial charge in [-0.05, 0) is 45.7 Å². The van der Waals surface area contributed by atoms with Crippen LogP contribution >= 0.6 is 0 Å². The topological polar surface area (TPSA) is 64.2 Å². The van der Waals surface area contributed by atoms with Crippen LogP contribution in [0.1, 0.15) is 56.3 Å². The van der Waals surface area contributed by atoms with Gasteiger partial charge in [0.1, 0.15) is 5.76 Å². The molecule has 0 radical (unpaired) electrons. The van der Waals surface area contributed by atoms with Crippen molar-refractivity contribution >= 4 is 0 Å². The van der Waals surface area contributed by atoms with E-state index in [2.05, 4.69) is 35.8 Å². The van der Waals surface area contributed by atoms with Crippen molar-refractivity contribution in [2.75, 3.05) is 13.1 Å². The van der Waals surface area contributed by atoms with Gasteiger partial charge in [-0.2, -0.15) is 0 Å². The lowest BCUT2D eigenvalue weighted by Gasteiger charge is -2.32. The Morgan fingerprint density at radius 1 is 1.23 bits per heavy atom. The van der Waals surface area contributed by atoms with Gasteiger partial charge in [-0.1, -0.05) is 25.9 Å². The summed E-state index contributed by atoms with van der Waals surface area (Å²) in [6, 6.07) is 1.69. The minimum atomic E-state index is -0.0954. The second-order valence-corrected chi connectivity index (χ2v) is 8.54. The van der Waals surface area contributed by atoms with E-state index in [0.29, 0.717) is 5.92 Å². The molecule has 1 aliphatic heterocycles. The van der Waals surface area contributed by atoms with E-state index in [1.165, 1.54) is 5.56 Å². The first-order chi connectivity index (χ1) is 12.2. The molecule has 0 spiro atoms. The number of rotatable bonds is 4. The molecule has 26 heavy (non-hydrogen) atoms. The molecule has 6 heteroatoms. The molecule has 1 fully saturated rings. The van der Waals surface area contributed by atoms with Crippen molar-refractivity contribution in [1.29, 1.82) is 0 Å². The van der Waals surface area contributed by atoms with E-state index >= 15 is 0 Å². The molecular weight excluding hydrogens is 328 g/mol. The first-order valence-corrected chi connectivity index (χ1v) is 9.45. The molecule has 142 valence electrons. The van der Waals surface area contributed by atoms with Crippen molar-refractivity contribution in [3.05, 3.63) is 45.5 Å². The fourth-order valence-corrected chi connectivity index (χ4v) is 3.53. The summed E-state index contributed by atoms with van der Waals surface area (Å²) in [7, 11) is 0. The molecule has 0 atom stereocenters. The van der Waals surface area contributed by atoms with Crippen LogP contribution in [0.4, 0.5) is 0 Å². The molecule has 0 aliphatic carbocycles. The highest BCUT2D eigenvalue weighted by Gasteiger charge is 2.23. The van der Waals surface area contributed by atoms with Crippen molar-refractivity contribution in [2.24, 2.45) is 5.92 Å². The van der Waals surface area contributed by atoms with Crippen LogP contribution in [0.15, 0.2) is 21.7 Å². The maximum Gasteiger partial charge on any atom is 0.253 e. The van der Waals surface area contributed by atoms with Gasteiger partial charge in [-0.3, -0.25) is 14.3 Å². The SMILES string of the molecule is Cc1noc(C)c1CN1CCC(Cn2cnc(C(C)(C)C)cc2=O)CC1. The third kappa shape index (κ3) is 4.23. The molecule has 0 amide bonds. The Hall–Kier alpha value is -1.95. The summed E-state index contributed by atoms with van der Waals surface area (Å²) in [6.07, 6.45) is 3.91. The summed E-state index contributed by atoms with van der Waals surface area (Å²) < 4.78 is 7.03. The number of hydrogen-bond acceptors (Lipinski definition) is 5. The summed E-state index contributed by atoms with van der Waals surface area (Å²) in [6.45, 7) is 13.9. The molecule has 2 aromatic heterocycles. The maximum atomic E-state index is 12.4. The van der Waals surface area contributed by atoms with Crippen LogP contribution in [0.3, 0.4) is 0 Å². The highest BCUT2D eigenvalue weighted by Crippen LogP contribution is 2.23. The molecule has 1 aliphatic rings. The maximum absolute atomic E-state index is 12.4.